The molecule has 0 saturated heterocycles. The molecule has 0 saturated carbocycles. The van der Waals surface area contributed by atoms with Crippen molar-refractivity contribution >= 4 is 17.4 Å². The molecule has 1 N–H and O–H groups in total. The summed E-state index contributed by atoms with van der Waals surface area (Å²) < 4.78 is 1.69. The van der Waals surface area contributed by atoms with Gasteiger partial charge in [0.05, 0.1) is 5.69 Å². The van der Waals surface area contributed by atoms with Crippen LogP contribution >= 0.6 is 0 Å². The van der Waals surface area contributed by atoms with Gasteiger partial charge in [0, 0.05) is 25.3 Å². The number of hydrogen-bond donors (Lipinski definition) is 1. The van der Waals surface area contributed by atoms with Gasteiger partial charge in [-0.05, 0) is 31.2 Å². The molecule has 0 aliphatic carbocycles. The number of nitrogens with one attached hydrogen (secondary N) is 1. The van der Waals surface area contributed by atoms with Crippen molar-refractivity contribution in [2.75, 3.05) is 19.4 Å². The Morgan fingerprint density at radius 2 is 2.00 bits per heavy atom. The van der Waals surface area contributed by atoms with E-state index in [0.29, 0.717) is 5.65 Å². The second-order valence-electron chi connectivity index (χ2n) is 5.14. The molecule has 0 bridgehead atoms. The molecule has 3 rings (SSSR count). The number of urea groups is 1. The topological polar surface area (TPSA) is 75.4 Å². The molecule has 0 fully saturated rings. The Morgan fingerprint density at radius 3 is 2.77 bits per heavy atom. The molecule has 3 aromatic rings. The van der Waals surface area contributed by atoms with E-state index in [1.54, 1.807) is 18.6 Å². The van der Waals surface area contributed by atoms with Gasteiger partial charge in [-0.1, -0.05) is 12.1 Å². The van der Waals surface area contributed by atoms with Crippen LogP contribution in [-0.4, -0.2) is 44.8 Å². The van der Waals surface area contributed by atoms with Crippen molar-refractivity contribution in [2.24, 2.45) is 0 Å². The molecule has 2 amide bonds. The van der Waals surface area contributed by atoms with Gasteiger partial charge in [0.25, 0.3) is 0 Å². The lowest BCUT2D eigenvalue weighted by atomic mass is 10.1. The number of fused-ring (bicyclic) bond motifs is 1. The first-order valence-corrected chi connectivity index (χ1v) is 6.82. The zero-order chi connectivity index (χ0) is 15.7. The molecule has 112 valence electrons. The largest absolute Gasteiger partial charge is 0.331 e. The van der Waals surface area contributed by atoms with E-state index in [0.717, 1.165) is 22.8 Å². The monoisotopic (exact) mass is 296 g/mol. The highest BCUT2D eigenvalue weighted by atomic mass is 16.2. The molecule has 7 heteroatoms. The first-order valence-electron chi connectivity index (χ1n) is 6.82. The first kappa shape index (κ1) is 14.0. The summed E-state index contributed by atoms with van der Waals surface area (Å²) in [6.07, 6.45) is 0. The second-order valence-corrected chi connectivity index (χ2v) is 5.14. The SMILES string of the molecule is Cc1nnc2ccc(-c3cccc(NC(=O)N(C)C)c3)nn12. The van der Waals surface area contributed by atoms with Gasteiger partial charge in [-0.3, -0.25) is 0 Å². The number of aromatic nitrogens is 4. The van der Waals surface area contributed by atoms with E-state index >= 15 is 0 Å². The molecule has 1 aromatic carbocycles. The Bertz CT molecular complexity index is 839. The molecular weight excluding hydrogens is 280 g/mol. The Labute approximate surface area is 127 Å². The molecule has 0 aliphatic rings. The fourth-order valence-corrected chi connectivity index (χ4v) is 2.04. The van der Waals surface area contributed by atoms with Crippen LogP contribution in [-0.2, 0) is 0 Å². The van der Waals surface area contributed by atoms with Crippen molar-refractivity contribution < 1.29 is 4.79 Å². The molecule has 7 nitrogen and oxygen atoms in total. The molecular formula is C15H16N6O. The minimum absolute atomic E-state index is 0.171. The maximum absolute atomic E-state index is 11.7. The van der Waals surface area contributed by atoms with Crippen LogP contribution in [0.15, 0.2) is 36.4 Å². The summed E-state index contributed by atoms with van der Waals surface area (Å²) >= 11 is 0. The number of benzene rings is 1. The van der Waals surface area contributed by atoms with Crippen LogP contribution in [0.2, 0.25) is 0 Å². The molecule has 0 aliphatic heterocycles. The van der Waals surface area contributed by atoms with Gasteiger partial charge in [-0.15, -0.1) is 10.2 Å². The van der Waals surface area contributed by atoms with Gasteiger partial charge in [-0.25, -0.2) is 4.79 Å². The van der Waals surface area contributed by atoms with Gasteiger partial charge in [-0.2, -0.15) is 9.61 Å². The smallest absolute Gasteiger partial charge is 0.321 e. The van der Waals surface area contributed by atoms with E-state index in [1.165, 1.54) is 4.90 Å². The van der Waals surface area contributed by atoms with Gasteiger partial charge >= 0.3 is 6.03 Å². The van der Waals surface area contributed by atoms with Crippen molar-refractivity contribution in [3.05, 3.63) is 42.2 Å². The van der Waals surface area contributed by atoms with Crippen molar-refractivity contribution in [1.82, 2.24) is 24.7 Å². The maximum Gasteiger partial charge on any atom is 0.321 e. The number of hydrogen-bond acceptors (Lipinski definition) is 4. The Morgan fingerprint density at radius 1 is 1.18 bits per heavy atom. The predicted molar refractivity (Wildman–Crippen MR) is 83.7 cm³/mol. The Kier molecular flexibility index (Phi) is 3.46. The summed E-state index contributed by atoms with van der Waals surface area (Å²) in [5, 5.41) is 15.4. The number of aryl methyl sites for hydroxylation is 1. The molecule has 2 aromatic heterocycles. The lowest BCUT2D eigenvalue weighted by molar-refractivity contribution is 0.230. The normalized spacial score (nSPS) is 10.7. The highest BCUT2D eigenvalue weighted by Gasteiger charge is 2.08. The molecule has 0 atom stereocenters. The molecule has 0 unspecified atom stereocenters. The van der Waals surface area contributed by atoms with Crippen molar-refractivity contribution in [1.29, 1.82) is 0 Å². The van der Waals surface area contributed by atoms with E-state index < -0.39 is 0 Å². The minimum Gasteiger partial charge on any atom is -0.331 e. The minimum atomic E-state index is -0.171. The van der Waals surface area contributed by atoms with Crippen LogP contribution < -0.4 is 5.32 Å². The lowest BCUT2D eigenvalue weighted by Gasteiger charge is -2.12. The van der Waals surface area contributed by atoms with Crippen LogP contribution in [0.25, 0.3) is 16.9 Å². The van der Waals surface area contributed by atoms with E-state index in [2.05, 4.69) is 20.6 Å². The zero-order valence-electron chi connectivity index (χ0n) is 12.6. The summed E-state index contributed by atoms with van der Waals surface area (Å²) in [7, 11) is 3.40. The van der Waals surface area contributed by atoms with E-state index in [4.69, 9.17) is 0 Å². The standard InChI is InChI=1S/C15H16N6O/c1-10-17-18-14-8-7-13(19-21(10)14)11-5-4-6-12(9-11)16-15(22)20(2)3/h4-9H,1-3H3,(H,16,22). The Balaban J connectivity index is 1.96. The summed E-state index contributed by atoms with van der Waals surface area (Å²) in [5.74, 6) is 0.730. The van der Waals surface area contributed by atoms with E-state index in [1.807, 2.05) is 43.3 Å². The fraction of sp³-hybridized carbons (Fsp3) is 0.200. The average Bonchev–Trinajstić information content (AvgIpc) is 2.88. The van der Waals surface area contributed by atoms with Crippen molar-refractivity contribution in [3.8, 4) is 11.3 Å². The number of carbonyl (C=O) groups excluding carboxylic acids is 1. The third-order valence-electron chi connectivity index (χ3n) is 3.23. The summed E-state index contributed by atoms with van der Waals surface area (Å²) in [6.45, 7) is 1.85. The van der Waals surface area contributed by atoms with Crippen LogP contribution in [0.1, 0.15) is 5.82 Å². The van der Waals surface area contributed by atoms with Crippen molar-refractivity contribution in [2.45, 2.75) is 6.92 Å². The quantitative estimate of drug-likeness (QED) is 0.786. The maximum atomic E-state index is 11.7. The first-order chi connectivity index (χ1) is 10.5. The fourth-order valence-electron chi connectivity index (χ4n) is 2.04. The number of rotatable bonds is 2. The second kappa shape index (κ2) is 5.44. The summed E-state index contributed by atoms with van der Waals surface area (Å²) in [6, 6.07) is 11.1. The molecule has 0 radical (unpaired) electrons. The Hall–Kier alpha value is -2.96. The van der Waals surface area contributed by atoms with Crippen LogP contribution in [0.5, 0.6) is 0 Å². The van der Waals surface area contributed by atoms with Crippen LogP contribution in [0.3, 0.4) is 0 Å². The predicted octanol–water partition coefficient (Wildman–Crippen LogP) is 2.19. The summed E-state index contributed by atoms with van der Waals surface area (Å²) in [5.41, 5.74) is 3.12. The van der Waals surface area contributed by atoms with Gasteiger partial charge in [0.15, 0.2) is 11.5 Å². The van der Waals surface area contributed by atoms with E-state index in [-0.39, 0.29) is 6.03 Å². The number of nitrogens with zero attached hydrogens (tertiary/aromatic N) is 5. The van der Waals surface area contributed by atoms with Crippen LogP contribution in [0, 0.1) is 6.92 Å². The number of amides is 2. The third kappa shape index (κ3) is 2.60. The highest BCUT2D eigenvalue weighted by molar-refractivity contribution is 5.89. The zero-order valence-corrected chi connectivity index (χ0v) is 12.6. The van der Waals surface area contributed by atoms with Crippen molar-refractivity contribution in [3.63, 3.8) is 0 Å². The van der Waals surface area contributed by atoms with Gasteiger partial charge < -0.3 is 10.2 Å². The van der Waals surface area contributed by atoms with Crippen LogP contribution in [0.4, 0.5) is 10.5 Å². The van der Waals surface area contributed by atoms with Gasteiger partial charge in [0.1, 0.15) is 0 Å². The third-order valence-corrected chi connectivity index (χ3v) is 3.23. The lowest BCUT2D eigenvalue weighted by Crippen LogP contribution is -2.27. The molecule has 0 spiro atoms. The van der Waals surface area contributed by atoms with E-state index in [9.17, 15) is 4.79 Å². The summed E-state index contributed by atoms with van der Waals surface area (Å²) in [4.78, 5) is 13.2. The number of anilines is 1. The molecule has 22 heavy (non-hydrogen) atoms. The average molecular weight is 296 g/mol. The highest BCUT2D eigenvalue weighted by Crippen LogP contribution is 2.21. The molecule has 2 heterocycles. The van der Waals surface area contributed by atoms with Gasteiger partial charge in [0.2, 0.25) is 0 Å². The number of carbonyl (C=O) groups is 1.